The van der Waals surface area contributed by atoms with Gasteiger partial charge in [0.1, 0.15) is 12.0 Å². The van der Waals surface area contributed by atoms with Crippen LogP contribution in [-0.4, -0.2) is 36.1 Å². The van der Waals surface area contributed by atoms with Gasteiger partial charge in [0.15, 0.2) is 11.6 Å². The van der Waals surface area contributed by atoms with Crippen LogP contribution in [0.1, 0.15) is 11.1 Å². The first-order valence-electron chi connectivity index (χ1n) is 9.82. The molecule has 0 amide bonds. The Morgan fingerprint density at radius 1 is 0.933 bits per heavy atom. The van der Waals surface area contributed by atoms with Gasteiger partial charge in [0.2, 0.25) is 0 Å². The molecule has 0 saturated carbocycles. The van der Waals surface area contributed by atoms with Gasteiger partial charge in [-0.1, -0.05) is 35.3 Å². The highest BCUT2D eigenvalue weighted by Gasteiger charge is 2.22. The van der Waals surface area contributed by atoms with Crippen molar-refractivity contribution in [2.45, 2.75) is 13.8 Å². The third kappa shape index (κ3) is 4.11. The van der Waals surface area contributed by atoms with Crippen LogP contribution in [0.15, 0.2) is 42.7 Å². The third-order valence-corrected chi connectivity index (χ3v) is 6.28. The SMILES string of the molecule is Cc1cccc(N2CCN(c3ncnc(Nc4ccc(Cl)c(Cl)c4)c3N)CC2)c1C. The maximum Gasteiger partial charge on any atom is 0.159 e. The number of hydrogen-bond acceptors (Lipinski definition) is 6. The Hall–Kier alpha value is -2.70. The van der Waals surface area contributed by atoms with Crippen molar-refractivity contribution < 1.29 is 0 Å². The molecule has 0 spiro atoms. The molecule has 1 fully saturated rings. The quantitative estimate of drug-likeness (QED) is 0.588. The molecule has 0 aliphatic carbocycles. The predicted molar refractivity (Wildman–Crippen MR) is 127 cm³/mol. The van der Waals surface area contributed by atoms with Crippen molar-refractivity contribution in [1.82, 2.24) is 9.97 Å². The summed E-state index contributed by atoms with van der Waals surface area (Å²) in [6, 6.07) is 11.8. The zero-order chi connectivity index (χ0) is 21.3. The number of aromatic nitrogens is 2. The fourth-order valence-corrected chi connectivity index (χ4v) is 3.98. The van der Waals surface area contributed by atoms with E-state index in [0.29, 0.717) is 21.6 Å². The molecule has 1 aliphatic rings. The minimum Gasteiger partial charge on any atom is -0.393 e. The van der Waals surface area contributed by atoms with E-state index in [1.807, 2.05) is 6.07 Å². The van der Waals surface area contributed by atoms with Crippen LogP contribution in [0.25, 0.3) is 0 Å². The van der Waals surface area contributed by atoms with Crippen LogP contribution in [0.5, 0.6) is 0 Å². The third-order valence-electron chi connectivity index (χ3n) is 5.54. The number of hydrogen-bond donors (Lipinski definition) is 2. The van der Waals surface area contributed by atoms with Gasteiger partial charge in [-0.15, -0.1) is 0 Å². The van der Waals surface area contributed by atoms with Crippen LogP contribution in [0.3, 0.4) is 0 Å². The highest BCUT2D eigenvalue weighted by atomic mass is 35.5. The number of nitrogens with two attached hydrogens (primary N) is 1. The van der Waals surface area contributed by atoms with Crippen LogP contribution >= 0.6 is 23.2 Å². The van der Waals surface area contributed by atoms with Crippen LogP contribution < -0.4 is 20.9 Å². The monoisotopic (exact) mass is 442 g/mol. The summed E-state index contributed by atoms with van der Waals surface area (Å²) in [7, 11) is 0. The average Bonchev–Trinajstić information content (AvgIpc) is 2.74. The molecule has 4 rings (SSSR count). The number of anilines is 5. The molecule has 2 aromatic carbocycles. The van der Waals surface area contributed by atoms with Gasteiger partial charge in [0.05, 0.1) is 10.0 Å². The Morgan fingerprint density at radius 3 is 2.40 bits per heavy atom. The minimum absolute atomic E-state index is 0.470. The lowest BCUT2D eigenvalue weighted by Gasteiger charge is -2.38. The van der Waals surface area contributed by atoms with E-state index >= 15 is 0 Å². The van der Waals surface area contributed by atoms with E-state index in [1.54, 1.807) is 12.1 Å². The topological polar surface area (TPSA) is 70.3 Å². The zero-order valence-corrected chi connectivity index (χ0v) is 18.5. The van der Waals surface area contributed by atoms with E-state index in [0.717, 1.165) is 37.7 Å². The Morgan fingerprint density at radius 2 is 1.67 bits per heavy atom. The van der Waals surface area contributed by atoms with Gasteiger partial charge < -0.3 is 20.9 Å². The predicted octanol–water partition coefficient (Wildman–Crippen LogP) is 5.05. The van der Waals surface area contributed by atoms with Crippen molar-refractivity contribution in [2.75, 3.05) is 47.0 Å². The van der Waals surface area contributed by atoms with Gasteiger partial charge in [-0.3, -0.25) is 0 Å². The maximum absolute atomic E-state index is 6.42. The van der Waals surface area contributed by atoms with Crippen molar-refractivity contribution >= 4 is 51.9 Å². The summed E-state index contributed by atoms with van der Waals surface area (Å²) >= 11 is 12.1. The fourth-order valence-electron chi connectivity index (χ4n) is 3.69. The number of piperazine rings is 1. The molecule has 1 aliphatic heterocycles. The summed E-state index contributed by atoms with van der Waals surface area (Å²) in [5.74, 6) is 1.29. The molecule has 156 valence electrons. The van der Waals surface area contributed by atoms with Crippen LogP contribution in [-0.2, 0) is 0 Å². The summed E-state index contributed by atoms with van der Waals surface area (Å²) in [6.07, 6.45) is 1.53. The molecule has 0 radical (unpaired) electrons. The molecule has 0 bridgehead atoms. The first kappa shape index (κ1) is 20.6. The number of halogens is 2. The highest BCUT2D eigenvalue weighted by Crippen LogP contribution is 2.32. The van der Waals surface area contributed by atoms with Gasteiger partial charge >= 0.3 is 0 Å². The number of nitrogens with zero attached hydrogens (tertiary/aromatic N) is 4. The molecule has 1 aromatic heterocycles. The molecule has 1 saturated heterocycles. The van der Waals surface area contributed by atoms with E-state index in [2.05, 4.69) is 57.1 Å². The molecule has 30 heavy (non-hydrogen) atoms. The number of nitrogens with one attached hydrogen (secondary N) is 1. The molecule has 0 atom stereocenters. The molecule has 6 nitrogen and oxygen atoms in total. The van der Waals surface area contributed by atoms with Gasteiger partial charge in [0.25, 0.3) is 0 Å². The molecule has 2 heterocycles. The Bertz CT molecular complexity index is 1060. The average molecular weight is 443 g/mol. The number of nitrogen functional groups attached to an aromatic ring is 1. The summed E-state index contributed by atoms with van der Waals surface area (Å²) in [5, 5.41) is 4.18. The smallest absolute Gasteiger partial charge is 0.159 e. The Balaban J connectivity index is 1.49. The zero-order valence-electron chi connectivity index (χ0n) is 17.0. The largest absolute Gasteiger partial charge is 0.393 e. The molecular weight excluding hydrogens is 419 g/mol. The molecule has 3 N–H and O–H groups in total. The van der Waals surface area contributed by atoms with Gasteiger partial charge in [-0.2, -0.15) is 0 Å². The van der Waals surface area contributed by atoms with Crippen LogP contribution in [0, 0.1) is 13.8 Å². The van der Waals surface area contributed by atoms with Gasteiger partial charge in [0, 0.05) is 37.6 Å². The molecule has 0 unspecified atom stereocenters. The van der Waals surface area contributed by atoms with E-state index in [9.17, 15) is 0 Å². The minimum atomic E-state index is 0.470. The standard InChI is InChI=1S/C22H24Cl2N6/c1-14-4-3-5-19(15(14)2)29-8-10-30(11-9-29)22-20(25)21(26-13-27-22)28-16-6-7-17(23)18(24)12-16/h3-7,12-13H,8-11,25H2,1-2H3,(H,26,27,28). The molecule has 3 aromatic rings. The van der Waals surface area contributed by atoms with Crippen molar-refractivity contribution in [2.24, 2.45) is 0 Å². The van der Waals surface area contributed by atoms with Crippen molar-refractivity contribution in [3.63, 3.8) is 0 Å². The van der Waals surface area contributed by atoms with Crippen LogP contribution in [0.2, 0.25) is 10.0 Å². The van der Waals surface area contributed by atoms with Gasteiger partial charge in [-0.25, -0.2) is 9.97 Å². The second-order valence-corrected chi connectivity index (χ2v) is 8.22. The summed E-state index contributed by atoms with van der Waals surface area (Å²) in [4.78, 5) is 13.4. The van der Waals surface area contributed by atoms with E-state index in [4.69, 9.17) is 28.9 Å². The summed E-state index contributed by atoms with van der Waals surface area (Å²) in [6.45, 7) is 7.81. The second-order valence-electron chi connectivity index (χ2n) is 7.41. The lowest BCUT2D eigenvalue weighted by molar-refractivity contribution is 0.646. The lowest BCUT2D eigenvalue weighted by Crippen LogP contribution is -2.47. The summed E-state index contributed by atoms with van der Waals surface area (Å²) < 4.78 is 0. The summed E-state index contributed by atoms with van der Waals surface area (Å²) in [5.41, 5.74) is 11.6. The number of benzene rings is 2. The van der Waals surface area contributed by atoms with E-state index in [1.165, 1.54) is 23.1 Å². The van der Waals surface area contributed by atoms with Crippen molar-refractivity contribution in [3.8, 4) is 0 Å². The Labute approximate surface area is 186 Å². The fraction of sp³-hybridized carbons (Fsp3) is 0.273. The van der Waals surface area contributed by atoms with E-state index < -0.39 is 0 Å². The first-order valence-corrected chi connectivity index (χ1v) is 10.6. The first-order chi connectivity index (χ1) is 14.4. The Kier molecular flexibility index (Phi) is 5.88. The van der Waals surface area contributed by atoms with Crippen molar-refractivity contribution in [1.29, 1.82) is 0 Å². The van der Waals surface area contributed by atoms with Crippen molar-refractivity contribution in [3.05, 3.63) is 63.9 Å². The molecular formula is C22H24Cl2N6. The number of aryl methyl sites for hydroxylation is 1. The highest BCUT2D eigenvalue weighted by molar-refractivity contribution is 6.42. The number of rotatable bonds is 4. The lowest BCUT2D eigenvalue weighted by atomic mass is 10.1. The van der Waals surface area contributed by atoms with Gasteiger partial charge in [-0.05, 0) is 49.2 Å². The van der Waals surface area contributed by atoms with Crippen LogP contribution in [0.4, 0.5) is 28.7 Å². The maximum atomic E-state index is 6.42. The van der Waals surface area contributed by atoms with E-state index in [-0.39, 0.29) is 0 Å². The molecule has 8 heteroatoms. The second kappa shape index (κ2) is 8.58. The normalized spacial score (nSPS) is 14.1.